The fraction of sp³-hybridized carbons (Fsp3) is 0.533. The Morgan fingerprint density at radius 2 is 1.80 bits per heavy atom. The van der Waals surface area contributed by atoms with Crippen LogP contribution in [-0.2, 0) is 9.53 Å². The average Bonchev–Trinajstić information content (AvgIpc) is 2.47. The van der Waals surface area contributed by atoms with Crippen molar-refractivity contribution in [1.82, 2.24) is 0 Å². The van der Waals surface area contributed by atoms with Gasteiger partial charge in [-0.25, -0.2) is 4.79 Å². The van der Waals surface area contributed by atoms with Crippen LogP contribution in [0.1, 0.15) is 38.2 Å². The first kappa shape index (κ1) is 16.1. The summed E-state index contributed by atoms with van der Waals surface area (Å²) in [6.07, 6.45) is 1.55. The molecule has 0 N–H and O–H groups in total. The van der Waals surface area contributed by atoms with Crippen LogP contribution in [0.25, 0.3) is 0 Å². The third kappa shape index (κ3) is 3.56. The molecule has 0 saturated heterocycles. The molecular formula is C15H21NO4. The number of nitro groups is 1. The molecule has 0 bridgehead atoms. The van der Waals surface area contributed by atoms with Crippen LogP contribution in [0.5, 0.6) is 0 Å². The lowest BCUT2D eigenvalue weighted by Crippen LogP contribution is -2.39. The summed E-state index contributed by atoms with van der Waals surface area (Å²) in [5.41, 5.74) is 0.813. The summed E-state index contributed by atoms with van der Waals surface area (Å²) in [5, 5.41) is 11.4. The molecule has 5 heteroatoms. The van der Waals surface area contributed by atoms with E-state index in [0.717, 1.165) is 18.4 Å². The SMILES string of the molecule is CCC(CC)C(c1ccccc1)[13CH]([13C](=O)OC)[N+](=O)[O-]. The minimum Gasteiger partial charge on any atom is -0.464 e. The summed E-state index contributed by atoms with van der Waals surface area (Å²) >= 11 is 0. The molecule has 0 aromatic heterocycles. The zero-order valence-corrected chi connectivity index (χ0v) is 12.1. The molecule has 5 nitrogen and oxygen atoms in total. The first-order valence-corrected chi connectivity index (χ1v) is 6.83. The lowest BCUT2D eigenvalue weighted by molar-refractivity contribution is -0.516. The highest BCUT2D eigenvalue weighted by molar-refractivity contribution is 5.75. The van der Waals surface area contributed by atoms with Crippen molar-refractivity contribution in [1.29, 1.82) is 0 Å². The third-order valence-corrected chi connectivity index (χ3v) is 3.75. The van der Waals surface area contributed by atoms with E-state index in [2.05, 4.69) is 4.74 Å². The minimum absolute atomic E-state index is 0.0619. The van der Waals surface area contributed by atoms with Gasteiger partial charge in [0.1, 0.15) is 0 Å². The van der Waals surface area contributed by atoms with Crippen molar-refractivity contribution >= 4 is 5.97 Å². The zero-order chi connectivity index (χ0) is 15.1. The monoisotopic (exact) mass is 281 g/mol. The molecule has 0 spiro atoms. The highest BCUT2D eigenvalue weighted by Crippen LogP contribution is 2.34. The summed E-state index contributed by atoms with van der Waals surface area (Å²) in [6, 6.07) is 7.84. The highest BCUT2D eigenvalue weighted by atomic mass is 16.7. The summed E-state index contributed by atoms with van der Waals surface area (Å²) < 4.78 is 4.63. The maximum Gasteiger partial charge on any atom is 0.382 e. The predicted molar refractivity (Wildman–Crippen MR) is 76.1 cm³/mol. The Kier molecular flexibility index (Phi) is 6.15. The Labute approximate surface area is 119 Å². The molecule has 1 aromatic rings. The Balaban J connectivity index is 3.27. The van der Waals surface area contributed by atoms with Crippen LogP contribution in [-0.4, -0.2) is 24.0 Å². The van der Waals surface area contributed by atoms with E-state index in [4.69, 9.17) is 0 Å². The molecule has 1 rings (SSSR count). The Bertz CT molecular complexity index is 442. The van der Waals surface area contributed by atoms with Crippen LogP contribution in [0, 0.1) is 16.0 Å². The van der Waals surface area contributed by atoms with Crippen molar-refractivity contribution in [3.63, 3.8) is 0 Å². The van der Waals surface area contributed by atoms with Gasteiger partial charge >= 0.3 is 12.0 Å². The molecule has 1 aromatic carbocycles. The Morgan fingerprint density at radius 1 is 1.25 bits per heavy atom. The number of rotatable bonds is 7. The second-order valence-corrected chi connectivity index (χ2v) is 4.77. The van der Waals surface area contributed by atoms with Gasteiger partial charge in [-0.05, 0) is 11.5 Å². The van der Waals surface area contributed by atoms with Crippen LogP contribution in [0.3, 0.4) is 0 Å². The minimum atomic E-state index is -1.35. The van der Waals surface area contributed by atoms with E-state index >= 15 is 0 Å². The van der Waals surface area contributed by atoms with Gasteiger partial charge in [0.15, 0.2) is 0 Å². The number of hydrogen-bond acceptors (Lipinski definition) is 4. The van der Waals surface area contributed by atoms with Gasteiger partial charge < -0.3 is 4.74 Å². The van der Waals surface area contributed by atoms with E-state index in [9.17, 15) is 14.9 Å². The van der Waals surface area contributed by atoms with Crippen molar-refractivity contribution in [2.45, 2.75) is 38.6 Å². The van der Waals surface area contributed by atoms with E-state index in [0.29, 0.717) is 0 Å². The molecule has 2 unspecified atom stereocenters. The van der Waals surface area contributed by atoms with E-state index < -0.39 is 22.9 Å². The van der Waals surface area contributed by atoms with Gasteiger partial charge in [-0.1, -0.05) is 57.0 Å². The van der Waals surface area contributed by atoms with Gasteiger partial charge in [-0.2, -0.15) is 0 Å². The number of nitrogens with zero attached hydrogens (tertiary/aromatic N) is 1. The number of carbonyl (C=O) groups excluding carboxylic acids is 1. The molecule has 0 aliphatic heterocycles. The summed E-state index contributed by atoms with van der Waals surface area (Å²) in [6.45, 7) is 3.97. The molecule has 0 aliphatic carbocycles. The lowest BCUT2D eigenvalue weighted by Gasteiger charge is -2.26. The van der Waals surface area contributed by atoms with Gasteiger partial charge in [0.2, 0.25) is 0 Å². The number of benzene rings is 1. The van der Waals surface area contributed by atoms with E-state index in [1.807, 2.05) is 44.2 Å². The molecule has 2 atom stereocenters. The van der Waals surface area contributed by atoms with Crippen molar-refractivity contribution in [3.05, 3.63) is 46.0 Å². The molecule has 0 fully saturated rings. The quantitative estimate of drug-likeness (QED) is 0.333. The number of carbonyl (C=O) groups is 1. The van der Waals surface area contributed by atoms with Gasteiger partial charge in [-0.15, -0.1) is 0 Å². The molecule has 110 valence electrons. The van der Waals surface area contributed by atoms with Crippen LogP contribution in [0.15, 0.2) is 30.3 Å². The fourth-order valence-electron chi connectivity index (χ4n) is 2.67. The smallest absolute Gasteiger partial charge is 0.382 e. The summed E-state index contributed by atoms with van der Waals surface area (Å²) in [5.74, 6) is -1.18. The van der Waals surface area contributed by atoms with E-state index in [-0.39, 0.29) is 5.92 Å². The number of hydrogen-bond donors (Lipinski definition) is 0. The van der Waals surface area contributed by atoms with Crippen molar-refractivity contribution in [2.75, 3.05) is 7.11 Å². The maximum atomic E-state index is 11.8. The molecular weight excluding hydrogens is 260 g/mol. The average molecular weight is 281 g/mol. The van der Waals surface area contributed by atoms with Gasteiger partial charge in [0.05, 0.1) is 13.0 Å². The van der Waals surface area contributed by atoms with E-state index in [1.165, 1.54) is 7.11 Å². The molecule has 0 aliphatic rings. The first-order chi connectivity index (χ1) is 9.56. The van der Waals surface area contributed by atoms with Gasteiger partial charge in [0.25, 0.3) is 0 Å². The maximum absolute atomic E-state index is 11.8. The zero-order valence-electron chi connectivity index (χ0n) is 12.1. The number of esters is 1. The van der Waals surface area contributed by atoms with E-state index in [1.54, 1.807) is 0 Å². The predicted octanol–water partition coefficient (Wildman–Crippen LogP) is 3.02. The fourth-order valence-corrected chi connectivity index (χ4v) is 2.67. The van der Waals surface area contributed by atoms with Gasteiger partial charge in [0, 0.05) is 4.92 Å². The second-order valence-electron chi connectivity index (χ2n) is 4.77. The largest absolute Gasteiger partial charge is 0.464 e. The number of methoxy groups -OCH3 is 1. The van der Waals surface area contributed by atoms with Crippen molar-refractivity contribution in [3.8, 4) is 0 Å². The van der Waals surface area contributed by atoms with Crippen LogP contribution >= 0.6 is 0 Å². The molecule has 0 saturated carbocycles. The molecule has 0 radical (unpaired) electrons. The third-order valence-electron chi connectivity index (χ3n) is 3.75. The van der Waals surface area contributed by atoms with Crippen LogP contribution in [0.4, 0.5) is 0 Å². The topological polar surface area (TPSA) is 69.4 Å². The summed E-state index contributed by atoms with van der Waals surface area (Å²) in [7, 11) is 1.19. The Morgan fingerprint density at radius 3 is 2.20 bits per heavy atom. The Hall–Kier alpha value is -1.91. The van der Waals surface area contributed by atoms with Crippen molar-refractivity contribution in [2.24, 2.45) is 5.92 Å². The molecule has 0 amide bonds. The van der Waals surface area contributed by atoms with Gasteiger partial charge in [-0.3, -0.25) is 10.1 Å². The number of ether oxygens (including phenoxy) is 1. The molecule has 20 heavy (non-hydrogen) atoms. The standard InChI is InChI=1S/C15H21NO4/c1-4-11(5-2)13(12-9-7-6-8-10-12)14(16(18)19)15(17)20-3/h6-11,13-14H,4-5H2,1-3H3/i14+1,15+1. The van der Waals surface area contributed by atoms with Crippen LogP contribution < -0.4 is 0 Å². The summed E-state index contributed by atoms with van der Waals surface area (Å²) in [4.78, 5) is 22.7. The van der Waals surface area contributed by atoms with Crippen LogP contribution in [0.2, 0.25) is 0 Å². The second kappa shape index (κ2) is 7.62. The lowest BCUT2D eigenvalue weighted by atomic mass is 9.86. The normalized spacial score (nSPS) is 13.8. The highest BCUT2D eigenvalue weighted by Gasteiger charge is 2.43. The molecule has 0 heterocycles. The van der Waals surface area contributed by atoms with Crippen molar-refractivity contribution < 1.29 is 14.5 Å². The first-order valence-electron chi connectivity index (χ1n) is 6.83.